The Hall–Kier alpha value is -0.210. The highest BCUT2D eigenvalue weighted by molar-refractivity contribution is 5.02. The van der Waals surface area contributed by atoms with Crippen LogP contribution in [0.15, 0.2) is 0 Å². The Balaban J connectivity index is 2.88. The lowest BCUT2D eigenvalue weighted by Crippen LogP contribution is -2.44. The molecule has 3 heteroatoms. The number of rotatable bonds is 2. The molecular formula is C10H17F3. The van der Waals surface area contributed by atoms with Gasteiger partial charge in [0.25, 0.3) is 5.92 Å². The molecule has 0 aromatic rings. The fourth-order valence-corrected chi connectivity index (χ4v) is 2.46. The molecule has 0 bridgehead atoms. The summed E-state index contributed by atoms with van der Waals surface area (Å²) < 4.78 is 40.1. The van der Waals surface area contributed by atoms with Crippen molar-refractivity contribution in [1.29, 1.82) is 0 Å². The Morgan fingerprint density at radius 2 is 2.00 bits per heavy atom. The monoisotopic (exact) mass is 194 g/mol. The third kappa shape index (κ3) is 1.70. The van der Waals surface area contributed by atoms with Crippen molar-refractivity contribution in [2.24, 2.45) is 11.8 Å². The van der Waals surface area contributed by atoms with Crippen LogP contribution >= 0.6 is 0 Å². The van der Waals surface area contributed by atoms with Crippen LogP contribution in [0.2, 0.25) is 0 Å². The summed E-state index contributed by atoms with van der Waals surface area (Å²) in [5.74, 6) is -3.58. The number of hydrogen-bond acceptors (Lipinski definition) is 0. The van der Waals surface area contributed by atoms with Gasteiger partial charge in [0, 0.05) is 6.92 Å². The molecule has 1 aliphatic carbocycles. The van der Waals surface area contributed by atoms with Gasteiger partial charge < -0.3 is 0 Å². The topological polar surface area (TPSA) is 0 Å². The predicted molar refractivity (Wildman–Crippen MR) is 46.6 cm³/mol. The third-order valence-electron chi connectivity index (χ3n) is 3.20. The summed E-state index contributed by atoms with van der Waals surface area (Å²) in [6.07, 6.45) is 1.11. The van der Waals surface area contributed by atoms with Crippen LogP contribution in [0.5, 0.6) is 0 Å². The maximum absolute atomic E-state index is 14.0. The van der Waals surface area contributed by atoms with Crippen molar-refractivity contribution in [3.8, 4) is 0 Å². The summed E-state index contributed by atoms with van der Waals surface area (Å²) in [5, 5.41) is 0. The van der Waals surface area contributed by atoms with E-state index in [1.165, 1.54) is 0 Å². The van der Waals surface area contributed by atoms with Crippen molar-refractivity contribution in [1.82, 2.24) is 0 Å². The lowest BCUT2D eigenvalue weighted by molar-refractivity contribution is -0.143. The van der Waals surface area contributed by atoms with Crippen LogP contribution in [0.25, 0.3) is 0 Å². The normalized spacial score (nSPS) is 41.1. The zero-order valence-corrected chi connectivity index (χ0v) is 8.41. The molecule has 0 aliphatic heterocycles. The summed E-state index contributed by atoms with van der Waals surface area (Å²) in [4.78, 5) is 0. The average Bonchev–Trinajstić information content (AvgIpc) is 2.25. The Morgan fingerprint density at radius 3 is 2.31 bits per heavy atom. The Labute approximate surface area is 77.5 Å². The van der Waals surface area contributed by atoms with Gasteiger partial charge in [-0.1, -0.05) is 20.3 Å². The molecule has 1 aliphatic rings. The van der Waals surface area contributed by atoms with Crippen molar-refractivity contribution in [3.63, 3.8) is 0 Å². The van der Waals surface area contributed by atoms with Gasteiger partial charge in [0.05, 0.1) is 0 Å². The van der Waals surface area contributed by atoms with Crippen molar-refractivity contribution < 1.29 is 13.2 Å². The van der Waals surface area contributed by atoms with Gasteiger partial charge in [0.15, 0.2) is 5.67 Å². The fourth-order valence-electron chi connectivity index (χ4n) is 2.46. The summed E-state index contributed by atoms with van der Waals surface area (Å²) in [6, 6.07) is 0. The largest absolute Gasteiger partial charge is 0.278 e. The molecule has 3 atom stereocenters. The Morgan fingerprint density at radius 1 is 1.46 bits per heavy atom. The van der Waals surface area contributed by atoms with E-state index in [0.717, 1.165) is 0 Å². The molecule has 0 saturated heterocycles. The van der Waals surface area contributed by atoms with E-state index < -0.39 is 17.5 Å². The molecule has 1 fully saturated rings. The minimum atomic E-state index is -3.20. The van der Waals surface area contributed by atoms with Gasteiger partial charge in [-0.15, -0.1) is 0 Å². The molecule has 0 nitrogen and oxygen atoms in total. The summed E-state index contributed by atoms with van der Waals surface area (Å²) >= 11 is 0. The standard InChI is InChI=1S/C10H17F3/c1-4-8-5-7(2)6-10(8,13)9(3,11)12/h7-8H,4-6H2,1-3H3. The zero-order chi connectivity index (χ0) is 10.3. The van der Waals surface area contributed by atoms with Gasteiger partial charge in [-0.05, 0) is 24.7 Å². The van der Waals surface area contributed by atoms with Crippen molar-refractivity contribution in [3.05, 3.63) is 0 Å². The minimum absolute atomic E-state index is 0.00894. The van der Waals surface area contributed by atoms with Gasteiger partial charge in [-0.25, -0.2) is 13.2 Å². The molecule has 0 aromatic heterocycles. The fraction of sp³-hybridized carbons (Fsp3) is 1.00. The van der Waals surface area contributed by atoms with E-state index in [4.69, 9.17) is 0 Å². The van der Waals surface area contributed by atoms with Crippen molar-refractivity contribution in [2.75, 3.05) is 0 Å². The van der Waals surface area contributed by atoms with Crippen LogP contribution in [0.4, 0.5) is 13.2 Å². The maximum Gasteiger partial charge on any atom is 0.278 e. The average molecular weight is 194 g/mol. The molecule has 0 amide bonds. The summed E-state index contributed by atoms with van der Waals surface area (Å²) in [7, 11) is 0. The van der Waals surface area contributed by atoms with Gasteiger partial charge in [0.1, 0.15) is 0 Å². The van der Waals surface area contributed by atoms with E-state index in [2.05, 4.69) is 0 Å². The molecule has 78 valence electrons. The SMILES string of the molecule is CCC1CC(C)CC1(F)C(C)(F)F. The second-order valence-electron chi connectivity index (χ2n) is 4.40. The highest BCUT2D eigenvalue weighted by Gasteiger charge is 2.59. The van der Waals surface area contributed by atoms with Crippen LogP contribution in [0, 0.1) is 11.8 Å². The maximum atomic E-state index is 14.0. The van der Waals surface area contributed by atoms with Crippen molar-refractivity contribution in [2.45, 2.75) is 51.6 Å². The van der Waals surface area contributed by atoms with Gasteiger partial charge in [0.2, 0.25) is 0 Å². The number of hydrogen-bond donors (Lipinski definition) is 0. The van der Waals surface area contributed by atoms with Crippen LogP contribution in [-0.4, -0.2) is 11.6 Å². The van der Waals surface area contributed by atoms with E-state index >= 15 is 0 Å². The predicted octanol–water partition coefficient (Wildman–Crippen LogP) is 3.81. The van der Waals surface area contributed by atoms with E-state index in [9.17, 15) is 13.2 Å². The van der Waals surface area contributed by atoms with Crippen LogP contribution < -0.4 is 0 Å². The van der Waals surface area contributed by atoms with Crippen LogP contribution in [-0.2, 0) is 0 Å². The van der Waals surface area contributed by atoms with E-state index in [-0.39, 0.29) is 12.3 Å². The van der Waals surface area contributed by atoms with E-state index in [1.807, 2.05) is 6.92 Å². The first-order chi connectivity index (χ1) is 5.81. The summed E-state index contributed by atoms with van der Waals surface area (Å²) in [5.41, 5.74) is -2.26. The minimum Gasteiger partial charge on any atom is -0.237 e. The zero-order valence-electron chi connectivity index (χ0n) is 8.41. The molecule has 3 unspecified atom stereocenters. The van der Waals surface area contributed by atoms with Crippen LogP contribution in [0.1, 0.15) is 40.0 Å². The Bertz CT molecular complexity index is 185. The van der Waals surface area contributed by atoms with E-state index in [0.29, 0.717) is 19.8 Å². The first kappa shape index (κ1) is 10.9. The van der Waals surface area contributed by atoms with Crippen LogP contribution in [0.3, 0.4) is 0 Å². The molecule has 13 heavy (non-hydrogen) atoms. The van der Waals surface area contributed by atoms with Gasteiger partial charge >= 0.3 is 0 Å². The molecule has 0 spiro atoms. The first-order valence-corrected chi connectivity index (χ1v) is 4.88. The Kier molecular flexibility index (Phi) is 2.65. The second kappa shape index (κ2) is 3.18. The quantitative estimate of drug-likeness (QED) is 0.627. The molecule has 0 heterocycles. The molecular weight excluding hydrogens is 177 g/mol. The van der Waals surface area contributed by atoms with E-state index in [1.54, 1.807) is 6.92 Å². The molecule has 1 rings (SSSR count). The molecule has 0 N–H and O–H groups in total. The lowest BCUT2D eigenvalue weighted by atomic mass is 9.85. The number of alkyl halides is 3. The molecule has 1 saturated carbocycles. The number of halogens is 3. The highest BCUT2D eigenvalue weighted by Crippen LogP contribution is 2.52. The third-order valence-corrected chi connectivity index (χ3v) is 3.20. The highest BCUT2D eigenvalue weighted by atomic mass is 19.3. The molecule has 0 aromatic carbocycles. The second-order valence-corrected chi connectivity index (χ2v) is 4.40. The molecule has 0 radical (unpaired) electrons. The first-order valence-electron chi connectivity index (χ1n) is 4.88. The van der Waals surface area contributed by atoms with Gasteiger partial charge in [-0.3, -0.25) is 0 Å². The smallest absolute Gasteiger partial charge is 0.237 e. The van der Waals surface area contributed by atoms with Crippen molar-refractivity contribution >= 4 is 0 Å². The lowest BCUT2D eigenvalue weighted by Gasteiger charge is -2.32. The summed E-state index contributed by atoms with van der Waals surface area (Å²) in [6.45, 7) is 4.33. The van der Waals surface area contributed by atoms with Gasteiger partial charge in [-0.2, -0.15) is 0 Å².